The molecule has 0 spiro atoms. The smallest absolute Gasteiger partial charge is 0.256 e. The van der Waals surface area contributed by atoms with E-state index in [1.54, 1.807) is 7.11 Å². The number of nitrogens with one attached hydrogen (secondary N) is 2. The van der Waals surface area contributed by atoms with Gasteiger partial charge in [0.1, 0.15) is 5.60 Å². The summed E-state index contributed by atoms with van der Waals surface area (Å²) in [6, 6.07) is 15.6. The lowest BCUT2D eigenvalue weighted by molar-refractivity contribution is -0.140. The summed E-state index contributed by atoms with van der Waals surface area (Å²) >= 11 is 0. The molecule has 4 rings (SSSR count). The van der Waals surface area contributed by atoms with Gasteiger partial charge in [0.25, 0.3) is 5.91 Å². The molecule has 2 amide bonds. The molecule has 7 heteroatoms. The van der Waals surface area contributed by atoms with Crippen molar-refractivity contribution in [3.63, 3.8) is 0 Å². The second-order valence-corrected chi connectivity index (χ2v) is 7.70. The number of carbonyl (C=O) groups excluding carboxylic acids is 2. The first kappa shape index (κ1) is 22.3. The van der Waals surface area contributed by atoms with Crippen LogP contribution in [0.5, 0.6) is 0 Å². The van der Waals surface area contributed by atoms with Crippen LogP contribution in [-0.4, -0.2) is 44.2 Å². The Morgan fingerprint density at radius 3 is 2.50 bits per heavy atom. The van der Waals surface area contributed by atoms with Crippen molar-refractivity contribution in [3.05, 3.63) is 59.7 Å². The highest BCUT2D eigenvalue weighted by Gasteiger charge is 2.39. The summed E-state index contributed by atoms with van der Waals surface area (Å²) in [5.41, 5.74) is 3.12. The van der Waals surface area contributed by atoms with Crippen molar-refractivity contribution in [2.24, 2.45) is 0 Å². The predicted molar refractivity (Wildman–Crippen MR) is 120 cm³/mol. The van der Waals surface area contributed by atoms with Crippen LogP contribution in [0.25, 0.3) is 0 Å². The third-order valence-corrected chi connectivity index (χ3v) is 5.97. The van der Waals surface area contributed by atoms with Gasteiger partial charge < -0.3 is 20.3 Å². The second kappa shape index (κ2) is 9.60. The van der Waals surface area contributed by atoms with Crippen molar-refractivity contribution in [1.82, 2.24) is 5.32 Å². The van der Waals surface area contributed by atoms with E-state index >= 15 is 0 Å². The highest BCUT2D eigenvalue weighted by molar-refractivity contribution is 5.98. The molecule has 0 bridgehead atoms. The number of benzene rings is 2. The summed E-state index contributed by atoms with van der Waals surface area (Å²) in [6.07, 6.45) is 2.55. The first-order chi connectivity index (χ1) is 14.1. The van der Waals surface area contributed by atoms with Crippen LogP contribution in [-0.2, 0) is 27.2 Å². The molecular weight excluding hydrogens is 402 g/mol. The fourth-order valence-electron chi connectivity index (χ4n) is 4.17. The van der Waals surface area contributed by atoms with E-state index in [0.717, 1.165) is 37.3 Å². The van der Waals surface area contributed by atoms with Crippen molar-refractivity contribution in [2.45, 2.75) is 31.3 Å². The van der Waals surface area contributed by atoms with Crippen LogP contribution >= 0.6 is 12.4 Å². The van der Waals surface area contributed by atoms with Gasteiger partial charge in [-0.3, -0.25) is 9.59 Å². The number of ether oxygens (including phenoxy) is 1. The number of carbonyl (C=O) groups is 2. The van der Waals surface area contributed by atoms with Gasteiger partial charge in [-0.1, -0.05) is 30.3 Å². The van der Waals surface area contributed by atoms with Crippen LogP contribution in [0.4, 0.5) is 11.4 Å². The standard InChI is InChI=1S/C23H27N3O3.ClH/c1-29-23(11-13-24-14-12-23)22(28)25-19-8-6-17(7-9-19)16-21(27)26-15-10-18-4-2-3-5-20(18)26;/h2-9,24H,10-16H2,1H3,(H,25,28);1H. The summed E-state index contributed by atoms with van der Waals surface area (Å²) in [4.78, 5) is 27.4. The number of anilines is 2. The van der Waals surface area contributed by atoms with Crippen LogP contribution < -0.4 is 15.5 Å². The highest BCUT2D eigenvalue weighted by Crippen LogP contribution is 2.28. The molecule has 0 saturated carbocycles. The van der Waals surface area contributed by atoms with Crippen LogP contribution in [0.1, 0.15) is 24.0 Å². The number of amides is 2. The Balaban J connectivity index is 0.00000256. The van der Waals surface area contributed by atoms with Gasteiger partial charge in [-0.25, -0.2) is 0 Å². The normalized spacial score (nSPS) is 17.0. The lowest BCUT2D eigenvalue weighted by atomic mass is 9.91. The van der Waals surface area contributed by atoms with Crippen molar-refractivity contribution < 1.29 is 14.3 Å². The molecule has 160 valence electrons. The minimum Gasteiger partial charge on any atom is -0.368 e. The molecule has 30 heavy (non-hydrogen) atoms. The van der Waals surface area contributed by atoms with Crippen LogP contribution in [0, 0.1) is 0 Å². The Kier molecular flexibility index (Phi) is 7.13. The van der Waals surface area contributed by atoms with Crippen LogP contribution in [0.2, 0.25) is 0 Å². The summed E-state index contributed by atoms with van der Waals surface area (Å²) in [5.74, 6) is -0.0150. The van der Waals surface area contributed by atoms with E-state index in [-0.39, 0.29) is 24.2 Å². The topological polar surface area (TPSA) is 70.7 Å². The van der Waals surface area contributed by atoms with Crippen molar-refractivity contribution in [2.75, 3.05) is 37.0 Å². The quantitative estimate of drug-likeness (QED) is 0.766. The summed E-state index contributed by atoms with van der Waals surface area (Å²) in [5, 5.41) is 6.22. The van der Waals surface area contributed by atoms with E-state index in [2.05, 4.69) is 16.7 Å². The van der Waals surface area contributed by atoms with Gasteiger partial charge in [-0.15, -0.1) is 12.4 Å². The molecule has 2 N–H and O–H groups in total. The average Bonchev–Trinajstić information content (AvgIpc) is 3.20. The van der Waals surface area contributed by atoms with Crippen LogP contribution in [0.15, 0.2) is 48.5 Å². The number of halogens is 1. The predicted octanol–water partition coefficient (Wildman–Crippen LogP) is 2.95. The first-order valence-corrected chi connectivity index (χ1v) is 10.2. The lowest BCUT2D eigenvalue weighted by Crippen LogP contribution is -2.51. The monoisotopic (exact) mass is 429 g/mol. The van der Waals surface area contributed by atoms with Crippen molar-refractivity contribution in [3.8, 4) is 0 Å². The number of para-hydroxylation sites is 1. The number of rotatable bonds is 5. The molecule has 2 aliphatic heterocycles. The van der Waals surface area contributed by atoms with E-state index < -0.39 is 5.60 Å². The fourth-order valence-corrected chi connectivity index (χ4v) is 4.17. The van der Waals surface area contributed by atoms with Gasteiger partial charge in [-0.05, 0) is 61.7 Å². The molecule has 0 radical (unpaired) electrons. The maximum Gasteiger partial charge on any atom is 0.256 e. The molecule has 2 heterocycles. The number of hydrogen-bond acceptors (Lipinski definition) is 4. The van der Waals surface area contributed by atoms with Gasteiger partial charge in [-0.2, -0.15) is 0 Å². The van der Waals surface area contributed by atoms with E-state index in [0.29, 0.717) is 24.9 Å². The summed E-state index contributed by atoms with van der Waals surface area (Å²) in [6.45, 7) is 2.27. The number of nitrogens with zero attached hydrogens (tertiary/aromatic N) is 1. The zero-order chi connectivity index (χ0) is 20.3. The molecule has 0 aliphatic carbocycles. The van der Waals surface area contributed by atoms with Gasteiger partial charge in [0.2, 0.25) is 5.91 Å². The van der Waals surface area contributed by atoms with Crippen molar-refractivity contribution >= 4 is 35.6 Å². The van der Waals surface area contributed by atoms with E-state index in [1.165, 1.54) is 5.56 Å². The zero-order valence-electron chi connectivity index (χ0n) is 17.1. The molecule has 0 aromatic heterocycles. The number of methoxy groups -OCH3 is 1. The molecule has 0 atom stereocenters. The third-order valence-electron chi connectivity index (χ3n) is 5.97. The SMILES string of the molecule is COC1(C(=O)Nc2ccc(CC(=O)N3CCc4ccccc43)cc2)CCNCC1.Cl. The maximum absolute atomic E-state index is 12.8. The number of fused-ring (bicyclic) bond motifs is 1. The molecule has 2 aromatic carbocycles. The third kappa shape index (κ3) is 4.51. The summed E-state index contributed by atoms with van der Waals surface area (Å²) < 4.78 is 5.57. The zero-order valence-corrected chi connectivity index (χ0v) is 18.0. The Morgan fingerprint density at radius 2 is 1.80 bits per heavy atom. The molecule has 6 nitrogen and oxygen atoms in total. The Bertz CT molecular complexity index is 895. The number of piperidine rings is 1. The van der Waals surface area contributed by atoms with Gasteiger partial charge in [0.15, 0.2) is 0 Å². The maximum atomic E-state index is 12.8. The molecule has 2 aromatic rings. The van der Waals surface area contributed by atoms with Crippen LogP contribution in [0.3, 0.4) is 0 Å². The number of hydrogen-bond donors (Lipinski definition) is 2. The minimum absolute atomic E-state index is 0. The average molecular weight is 430 g/mol. The Morgan fingerprint density at radius 1 is 1.10 bits per heavy atom. The fraction of sp³-hybridized carbons (Fsp3) is 0.391. The molecule has 0 unspecified atom stereocenters. The van der Waals surface area contributed by atoms with Gasteiger partial charge in [0, 0.05) is 25.0 Å². The Hall–Kier alpha value is -2.41. The summed E-state index contributed by atoms with van der Waals surface area (Å²) in [7, 11) is 1.59. The highest BCUT2D eigenvalue weighted by atomic mass is 35.5. The largest absolute Gasteiger partial charge is 0.368 e. The Labute approximate surface area is 183 Å². The van der Waals surface area contributed by atoms with E-state index in [4.69, 9.17) is 4.74 Å². The molecular formula is C23H28ClN3O3. The van der Waals surface area contributed by atoms with E-state index in [1.807, 2.05) is 47.4 Å². The van der Waals surface area contributed by atoms with Gasteiger partial charge in [0.05, 0.1) is 6.42 Å². The van der Waals surface area contributed by atoms with Crippen molar-refractivity contribution in [1.29, 1.82) is 0 Å². The lowest BCUT2D eigenvalue weighted by Gasteiger charge is -2.34. The second-order valence-electron chi connectivity index (χ2n) is 7.70. The molecule has 2 aliphatic rings. The van der Waals surface area contributed by atoms with Gasteiger partial charge >= 0.3 is 0 Å². The first-order valence-electron chi connectivity index (χ1n) is 10.2. The minimum atomic E-state index is -0.775. The molecule has 1 fully saturated rings. The van der Waals surface area contributed by atoms with E-state index in [9.17, 15) is 9.59 Å². The molecule has 1 saturated heterocycles.